The smallest absolute Gasteiger partial charge is 0.132 e. The van der Waals surface area contributed by atoms with E-state index in [1.807, 2.05) is 6.92 Å². The average Bonchev–Trinajstić information content (AvgIpc) is 2.03. The molecule has 2 heteroatoms. The Kier molecular flexibility index (Phi) is 7.06. The predicted octanol–water partition coefficient (Wildman–Crippen LogP) is 2.15. The van der Waals surface area contributed by atoms with Gasteiger partial charge in [0.1, 0.15) is 5.78 Å². The van der Waals surface area contributed by atoms with Gasteiger partial charge in [-0.25, -0.2) is 0 Å². The molecule has 72 valence electrons. The molecule has 0 amide bonds. The van der Waals surface area contributed by atoms with Gasteiger partial charge >= 0.3 is 0 Å². The van der Waals surface area contributed by atoms with Crippen molar-refractivity contribution < 1.29 is 9.90 Å². The molecule has 0 aromatic carbocycles. The van der Waals surface area contributed by atoms with E-state index >= 15 is 0 Å². The van der Waals surface area contributed by atoms with E-state index in [1.165, 1.54) is 0 Å². The molecule has 0 rings (SSSR count). The average molecular weight is 172 g/mol. The predicted molar refractivity (Wildman–Crippen MR) is 50.0 cm³/mol. The summed E-state index contributed by atoms with van der Waals surface area (Å²) in [5.74, 6) is 0.510. The zero-order valence-electron chi connectivity index (χ0n) is 8.18. The lowest BCUT2D eigenvalue weighted by molar-refractivity contribution is -0.120. The molecule has 0 spiro atoms. The minimum Gasteiger partial charge on any atom is -0.396 e. The molecule has 0 aromatic heterocycles. The van der Waals surface area contributed by atoms with Gasteiger partial charge in [0, 0.05) is 12.5 Å². The van der Waals surface area contributed by atoms with Crippen molar-refractivity contribution in [3.8, 4) is 0 Å². The number of carbonyl (C=O) groups excluding carboxylic acids is 1. The lowest BCUT2D eigenvalue weighted by Crippen LogP contribution is -2.05. The van der Waals surface area contributed by atoms with Crippen LogP contribution in [-0.4, -0.2) is 17.5 Å². The van der Waals surface area contributed by atoms with Gasteiger partial charge in [-0.2, -0.15) is 0 Å². The molecule has 0 aliphatic carbocycles. The van der Waals surface area contributed by atoms with Gasteiger partial charge in [0.15, 0.2) is 0 Å². The van der Waals surface area contributed by atoms with Crippen LogP contribution in [0.3, 0.4) is 0 Å². The van der Waals surface area contributed by atoms with Crippen molar-refractivity contribution in [1.82, 2.24) is 0 Å². The lowest BCUT2D eigenvalue weighted by atomic mass is 9.99. The Labute approximate surface area is 75.0 Å². The molecule has 2 nitrogen and oxygen atoms in total. The van der Waals surface area contributed by atoms with Crippen LogP contribution in [0.15, 0.2) is 0 Å². The maximum Gasteiger partial charge on any atom is 0.132 e. The summed E-state index contributed by atoms with van der Waals surface area (Å²) in [7, 11) is 0. The van der Waals surface area contributed by atoms with E-state index in [0.717, 1.165) is 32.1 Å². The van der Waals surface area contributed by atoms with Crippen molar-refractivity contribution in [3.05, 3.63) is 0 Å². The van der Waals surface area contributed by atoms with Crippen molar-refractivity contribution in [2.24, 2.45) is 5.92 Å². The van der Waals surface area contributed by atoms with Gasteiger partial charge < -0.3 is 5.11 Å². The van der Waals surface area contributed by atoms with E-state index in [0.29, 0.717) is 6.61 Å². The zero-order chi connectivity index (χ0) is 9.40. The van der Waals surface area contributed by atoms with Gasteiger partial charge in [0.2, 0.25) is 0 Å². The molecule has 1 N–H and O–H groups in total. The second-order valence-corrected chi connectivity index (χ2v) is 3.44. The first-order valence-corrected chi connectivity index (χ1v) is 4.79. The number of carbonyl (C=O) groups is 1. The summed E-state index contributed by atoms with van der Waals surface area (Å²) in [6.07, 6.45) is 5.23. The highest BCUT2D eigenvalue weighted by molar-refractivity contribution is 5.77. The van der Waals surface area contributed by atoms with Gasteiger partial charge in [0.25, 0.3) is 0 Å². The number of rotatable bonds is 7. The minimum atomic E-state index is 0.221. The van der Waals surface area contributed by atoms with Crippen LogP contribution in [0.4, 0.5) is 0 Å². The Morgan fingerprint density at radius 1 is 1.25 bits per heavy atom. The molecule has 0 saturated carbocycles. The number of hydrogen-bond acceptors (Lipinski definition) is 2. The summed E-state index contributed by atoms with van der Waals surface area (Å²) in [5, 5.41) is 8.51. The molecule has 0 aliphatic heterocycles. The standard InChI is InChI=1S/C10H20O2/c1-9(10(2)12)7-5-3-4-6-8-11/h9,11H,3-8H2,1-2H3/t9-/m0/s1. The van der Waals surface area contributed by atoms with Gasteiger partial charge in [-0.05, 0) is 19.8 Å². The maximum absolute atomic E-state index is 10.8. The molecule has 0 heterocycles. The quantitative estimate of drug-likeness (QED) is 0.597. The fourth-order valence-corrected chi connectivity index (χ4v) is 1.12. The minimum absolute atomic E-state index is 0.221. The van der Waals surface area contributed by atoms with E-state index < -0.39 is 0 Å². The van der Waals surface area contributed by atoms with Gasteiger partial charge in [0.05, 0.1) is 0 Å². The van der Waals surface area contributed by atoms with Gasteiger partial charge in [-0.1, -0.05) is 26.2 Å². The number of unbranched alkanes of at least 4 members (excludes halogenated alkanes) is 3. The first-order valence-electron chi connectivity index (χ1n) is 4.79. The molecule has 0 aliphatic rings. The van der Waals surface area contributed by atoms with E-state index in [-0.39, 0.29) is 11.7 Å². The summed E-state index contributed by atoms with van der Waals surface area (Å²) in [4.78, 5) is 10.8. The molecule has 0 fully saturated rings. The van der Waals surface area contributed by atoms with E-state index in [9.17, 15) is 4.79 Å². The Morgan fingerprint density at radius 3 is 2.33 bits per heavy atom. The Hall–Kier alpha value is -0.370. The van der Waals surface area contributed by atoms with E-state index in [1.54, 1.807) is 6.92 Å². The molecule has 0 saturated heterocycles. The van der Waals surface area contributed by atoms with Crippen LogP contribution in [0, 0.1) is 5.92 Å². The monoisotopic (exact) mass is 172 g/mol. The second kappa shape index (κ2) is 7.29. The first kappa shape index (κ1) is 11.6. The van der Waals surface area contributed by atoms with Crippen LogP contribution in [0.2, 0.25) is 0 Å². The lowest BCUT2D eigenvalue weighted by Gasteiger charge is -2.05. The Bertz CT molecular complexity index is 121. The highest BCUT2D eigenvalue weighted by Gasteiger charge is 2.05. The third-order valence-corrected chi connectivity index (χ3v) is 2.24. The summed E-state index contributed by atoms with van der Waals surface area (Å²) < 4.78 is 0. The maximum atomic E-state index is 10.8. The largest absolute Gasteiger partial charge is 0.396 e. The molecule has 0 aromatic rings. The zero-order valence-corrected chi connectivity index (χ0v) is 8.18. The van der Waals surface area contributed by atoms with Crippen molar-refractivity contribution in [1.29, 1.82) is 0 Å². The summed E-state index contributed by atoms with van der Waals surface area (Å²) in [6, 6.07) is 0. The van der Waals surface area contributed by atoms with Crippen LogP contribution in [0.1, 0.15) is 46.0 Å². The number of Topliss-reactive ketones (excluding diaryl/α,β-unsaturated/α-hetero) is 1. The summed E-state index contributed by atoms with van der Waals surface area (Å²) in [6.45, 7) is 3.93. The SMILES string of the molecule is CC(=O)[C@@H](C)CCCCCCO. The van der Waals surface area contributed by atoms with Gasteiger partial charge in [-0.15, -0.1) is 0 Å². The van der Waals surface area contributed by atoms with Crippen LogP contribution in [-0.2, 0) is 4.79 Å². The summed E-state index contributed by atoms with van der Waals surface area (Å²) >= 11 is 0. The number of ketones is 1. The van der Waals surface area contributed by atoms with Crippen LogP contribution in [0.25, 0.3) is 0 Å². The van der Waals surface area contributed by atoms with E-state index in [2.05, 4.69) is 0 Å². The fourth-order valence-electron chi connectivity index (χ4n) is 1.12. The van der Waals surface area contributed by atoms with Crippen molar-refractivity contribution in [2.75, 3.05) is 6.61 Å². The molecular formula is C10H20O2. The number of aliphatic hydroxyl groups excluding tert-OH is 1. The molecule has 0 radical (unpaired) electrons. The van der Waals surface area contributed by atoms with Crippen LogP contribution < -0.4 is 0 Å². The number of aliphatic hydroxyl groups is 1. The third kappa shape index (κ3) is 6.35. The van der Waals surface area contributed by atoms with Crippen molar-refractivity contribution in [3.63, 3.8) is 0 Å². The topological polar surface area (TPSA) is 37.3 Å². The van der Waals surface area contributed by atoms with Crippen molar-refractivity contribution in [2.45, 2.75) is 46.0 Å². The van der Waals surface area contributed by atoms with E-state index in [4.69, 9.17) is 5.11 Å². The van der Waals surface area contributed by atoms with Crippen molar-refractivity contribution >= 4 is 5.78 Å². The highest BCUT2D eigenvalue weighted by atomic mass is 16.2. The molecule has 0 bridgehead atoms. The molecule has 12 heavy (non-hydrogen) atoms. The molecule has 0 unspecified atom stereocenters. The van der Waals surface area contributed by atoms with Crippen LogP contribution >= 0.6 is 0 Å². The normalized spacial score (nSPS) is 12.9. The Morgan fingerprint density at radius 2 is 1.83 bits per heavy atom. The van der Waals surface area contributed by atoms with Gasteiger partial charge in [-0.3, -0.25) is 4.79 Å². The van der Waals surface area contributed by atoms with Crippen LogP contribution in [0.5, 0.6) is 0 Å². The first-order chi connectivity index (χ1) is 5.68. The second-order valence-electron chi connectivity index (χ2n) is 3.44. The Balaban J connectivity index is 3.14. The third-order valence-electron chi connectivity index (χ3n) is 2.24. The summed E-state index contributed by atoms with van der Waals surface area (Å²) in [5.41, 5.74) is 0. The number of hydrogen-bond donors (Lipinski definition) is 1. The highest BCUT2D eigenvalue weighted by Crippen LogP contribution is 2.10. The molecular weight excluding hydrogens is 152 g/mol. The fraction of sp³-hybridized carbons (Fsp3) is 0.900. The molecule has 1 atom stereocenters.